The molecule has 0 saturated carbocycles. The average molecular weight is 133 g/mol. The van der Waals surface area contributed by atoms with Crippen molar-refractivity contribution < 1.29 is 66.8 Å². The van der Waals surface area contributed by atoms with Gasteiger partial charge in [0.2, 0.25) is 0 Å². The Kier molecular flexibility index (Phi) is 55.0. The zero-order chi connectivity index (χ0) is 3.58. The van der Waals surface area contributed by atoms with Gasteiger partial charge >= 0.3 is 51.4 Å². The van der Waals surface area contributed by atoms with E-state index in [-0.39, 0.29) is 63.0 Å². The molecule has 0 saturated heterocycles. The third kappa shape index (κ3) is 169. The zero-order valence-corrected chi connectivity index (χ0v) is 7.65. The fraction of sp³-hybridized carbons (Fsp3) is 0.500. The van der Waals surface area contributed by atoms with Crippen molar-refractivity contribution in [1.82, 2.24) is 6.15 Å². The molecule has 0 amide bonds. The van der Waals surface area contributed by atoms with Crippen molar-refractivity contribution >= 4 is 5.97 Å². The number of hydrogen-bond donors (Lipinski definition) is 1. The van der Waals surface area contributed by atoms with Crippen LogP contribution in [-0.2, 0) is 4.79 Å². The summed E-state index contributed by atoms with van der Waals surface area (Å²) in [7, 11) is 0. The van der Waals surface area contributed by atoms with Crippen LogP contribution in [0.2, 0.25) is 0 Å². The van der Waals surface area contributed by atoms with Gasteiger partial charge in [-0.1, -0.05) is 0 Å². The summed E-state index contributed by atoms with van der Waals surface area (Å²) in [5.74, 6) is -1.08. The van der Waals surface area contributed by atoms with Gasteiger partial charge < -0.3 is 21.5 Å². The summed E-state index contributed by atoms with van der Waals surface area (Å²) in [6, 6.07) is 0. The maximum atomic E-state index is 8.89. The van der Waals surface area contributed by atoms with Crippen LogP contribution in [0.3, 0.4) is 0 Å². The normalized spacial score (nSPS) is 3.57. The van der Waals surface area contributed by atoms with E-state index in [0.717, 1.165) is 6.92 Å². The molecule has 0 rings (SSSR count). The molecule has 0 fully saturated rings. The van der Waals surface area contributed by atoms with Crippen LogP contribution >= 0.6 is 0 Å². The molecule has 0 unspecified atom stereocenters. The van der Waals surface area contributed by atoms with Crippen molar-refractivity contribution in [3.63, 3.8) is 0 Å². The Bertz CT molecular complexity index is 35.9. The molecular formula is C2H8KNO3. The smallest absolute Gasteiger partial charge is 0.550 e. The van der Waals surface area contributed by atoms with Crippen LogP contribution in [0.15, 0.2) is 0 Å². The van der Waals surface area contributed by atoms with Gasteiger partial charge in [-0.3, -0.25) is 0 Å². The maximum Gasteiger partial charge on any atom is 1.00 e. The Morgan fingerprint density at radius 1 is 1.57 bits per heavy atom. The molecule has 5 heteroatoms. The van der Waals surface area contributed by atoms with Gasteiger partial charge in [0.25, 0.3) is 0 Å². The Hall–Kier alpha value is 1.03. The first-order valence-electron chi connectivity index (χ1n) is 0.908. The van der Waals surface area contributed by atoms with Crippen molar-refractivity contribution in [1.29, 1.82) is 0 Å². The van der Waals surface area contributed by atoms with Crippen LogP contribution in [0.4, 0.5) is 0 Å². The van der Waals surface area contributed by atoms with E-state index < -0.39 is 5.97 Å². The van der Waals surface area contributed by atoms with Gasteiger partial charge in [-0.05, 0) is 6.92 Å². The molecule has 0 aromatic rings. The van der Waals surface area contributed by atoms with Gasteiger partial charge in [-0.15, -0.1) is 0 Å². The number of carboxylic acids is 1. The molecule has 0 heterocycles. The molecular weight excluding hydrogens is 125 g/mol. The fourth-order valence-electron chi connectivity index (χ4n) is 0. The predicted molar refractivity (Wildman–Crippen MR) is 19.3 cm³/mol. The number of carbonyl (C=O) groups is 1. The summed E-state index contributed by atoms with van der Waals surface area (Å²) in [5.41, 5.74) is 0. The van der Waals surface area contributed by atoms with E-state index in [2.05, 4.69) is 0 Å². The number of carbonyl (C=O) groups excluding carboxylic acids is 1. The van der Waals surface area contributed by atoms with Crippen LogP contribution < -0.4 is 62.6 Å². The first-order chi connectivity index (χ1) is 1.73. The Morgan fingerprint density at radius 3 is 1.57 bits per heavy atom. The molecule has 40 valence electrons. The first kappa shape index (κ1) is 24.4. The Morgan fingerprint density at radius 2 is 1.57 bits per heavy atom. The summed E-state index contributed by atoms with van der Waals surface area (Å²) < 4.78 is 0. The van der Waals surface area contributed by atoms with Crippen LogP contribution in [0.1, 0.15) is 6.92 Å². The van der Waals surface area contributed by atoms with Crippen LogP contribution in [0, 0.1) is 0 Å². The second-order valence-corrected chi connectivity index (χ2v) is 0.492. The Labute approximate surface area is 84.6 Å². The second-order valence-electron chi connectivity index (χ2n) is 0.492. The van der Waals surface area contributed by atoms with Crippen molar-refractivity contribution in [2.24, 2.45) is 0 Å². The molecule has 0 aliphatic heterocycles. The molecule has 5 N–H and O–H groups in total. The standard InChI is InChI=1S/C2H4O2.K.H3N.H2O/c1-2(3)4;;;/h1H3,(H,3,4);;1H3;1H2/q;+1;;/p-1. The van der Waals surface area contributed by atoms with Crippen molar-refractivity contribution in [3.8, 4) is 0 Å². The van der Waals surface area contributed by atoms with Gasteiger partial charge in [0.1, 0.15) is 0 Å². The molecule has 4 nitrogen and oxygen atoms in total. The SMILES string of the molecule is CC(=O)[O-].N.O.[K+]. The third-order valence-electron chi connectivity index (χ3n) is 0. The summed E-state index contributed by atoms with van der Waals surface area (Å²) in [5, 5.41) is 8.89. The van der Waals surface area contributed by atoms with E-state index in [1.54, 1.807) is 0 Å². The minimum Gasteiger partial charge on any atom is -0.550 e. The molecule has 0 aliphatic rings. The van der Waals surface area contributed by atoms with E-state index in [0.29, 0.717) is 0 Å². The first-order valence-corrected chi connectivity index (χ1v) is 0.908. The summed E-state index contributed by atoms with van der Waals surface area (Å²) in [6.45, 7) is 0.972. The number of hydrogen-bond acceptors (Lipinski definition) is 3. The molecule has 0 spiro atoms. The van der Waals surface area contributed by atoms with E-state index in [9.17, 15) is 0 Å². The molecule has 0 radical (unpaired) electrons. The molecule has 0 aromatic heterocycles. The largest absolute Gasteiger partial charge is 1.00 e. The Balaban J connectivity index is -0.0000000150. The van der Waals surface area contributed by atoms with Gasteiger partial charge in [0.15, 0.2) is 0 Å². The number of carboxylic acid groups (broad SMARTS) is 1. The quantitative estimate of drug-likeness (QED) is 0.335. The topological polar surface area (TPSA) is 107 Å². The van der Waals surface area contributed by atoms with Crippen molar-refractivity contribution in [2.75, 3.05) is 0 Å². The summed E-state index contributed by atoms with van der Waals surface area (Å²) in [4.78, 5) is 8.89. The minimum absolute atomic E-state index is 0. The molecule has 0 bridgehead atoms. The van der Waals surface area contributed by atoms with Crippen LogP contribution in [-0.4, -0.2) is 11.4 Å². The van der Waals surface area contributed by atoms with Crippen molar-refractivity contribution in [3.05, 3.63) is 0 Å². The fourth-order valence-corrected chi connectivity index (χ4v) is 0. The third-order valence-corrected chi connectivity index (χ3v) is 0. The molecule has 0 aliphatic carbocycles. The summed E-state index contributed by atoms with van der Waals surface area (Å²) >= 11 is 0. The summed E-state index contributed by atoms with van der Waals surface area (Å²) in [6.07, 6.45) is 0. The minimum atomic E-state index is -1.08. The van der Waals surface area contributed by atoms with E-state index >= 15 is 0 Å². The van der Waals surface area contributed by atoms with Gasteiger partial charge in [-0.2, -0.15) is 0 Å². The van der Waals surface area contributed by atoms with E-state index in [1.165, 1.54) is 0 Å². The second kappa shape index (κ2) is 15.7. The van der Waals surface area contributed by atoms with Crippen LogP contribution in [0.5, 0.6) is 0 Å². The number of aliphatic carboxylic acids is 1. The average Bonchev–Trinajstić information content (AvgIpc) is 0.811. The molecule has 0 aromatic carbocycles. The predicted octanol–water partition coefficient (Wildman–Crippen LogP) is -4.90. The van der Waals surface area contributed by atoms with Gasteiger partial charge in [0, 0.05) is 5.97 Å². The number of rotatable bonds is 0. The van der Waals surface area contributed by atoms with Crippen LogP contribution in [0.25, 0.3) is 0 Å². The van der Waals surface area contributed by atoms with Crippen molar-refractivity contribution in [2.45, 2.75) is 6.92 Å². The van der Waals surface area contributed by atoms with Gasteiger partial charge in [0.05, 0.1) is 0 Å². The zero-order valence-electron chi connectivity index (χ0n) is 4.52. The van der Waals surface area contributed by atoms with Gasteiger partial charge in [-0.25, -0.2) is 0 Å². The molecule has 0 atom stereocenters. The van der Waals surface area contributed by atoms with E-state index in [1.807, 2.05) is 0 Å². The monoisotopic (exact) mass is 133 g/mol. The van der Waals surface area contributed by atoms with E-state index in [4.69, 9.17) is 9.90 Å². The maximum absolute atomic E-state index is 8.89. The molecule has 7 heavy (non-hydrogen) atoms.